The van der Waals surface area contributed by atoms with Gasteiger partial charge < -0.3 is 21.3 Å². The van der Waals surface area contributed by atoms with Crippen LogP contribution in [0.2, 0.25) is 0 Å². The molecule has 130 valence electrons. The molecule has 0 radical (unpaired) electrons. The number of amides is 3. The Balaban J connectivity index is 1.52. The molecule has 4 N–H and O–H groups in total. The highest BCUT2D eigenvalue weighted by Gasteiger charge is 2.16. The molecule has 3 amide bonds. The second-order valence-electron chi connectivity index (χ2n) is 6.04. The lowest BCUT2D eigenvalue weighted by molar-refractivity contribution is 0.0930. The van der Waals surface area contributed by atoms with Crippen LogP contribution < -0.4 is 21.3 Å². The van der Waals surface area contributed by atoms with Gasteiger partial charge in [-0.25, -0.2) is 4.79 Å². The molecule has 1 atom stereocenters. The first kappa shape index (κ1) is 17.0. The van der Waals surface area contributed by atoms with Gasteiger partial charge in [-0.2, -0.15) is 0 Å². The first-order valence-corrected chi connectivity index (χ1v) is 8.45. The number of piperidine rings is 1. The van der Waals surface area contributed by atoms with Crippen molar-refractivity contribution in [3.63, 3.8) is 0 Å². The Bertz CT molecular complexity index is 710. The molecule has 0 aliphatic carbocycles. The first-order valence-electron chi connectivity index (χ1n) is 8.45. The molecule has 2 aromatic carbocycles. The standard InChI is InChI=1S/C19H22N4O2/c24-18(21-17-7-4-12-20-13-17)14-8-10-16(11-9-14)23-19(25)22-15-5-2-1-3-6-15/h1-3,5-6,8-11,17,20H,4,7,12-13H2,(H,21,24)(H2,22,23,25). The average molecular weight is 338 g/mol. The van der Waals surface area contributed by atoms with E-state index in [2.05, 4.69) is 21.3 Å². The minimum absolute atomic E-state index is 0.0889. The molecular formula is C19H22N4O2. The van der Waals surface area contributed by atoms with Crippen LogP contribution in [0.4, 0.5) is 16.2 Å². The summed E-state index contributed by atoms with van der Waals surface area (Å²) in [5.74, 6) is -0.0889. The minimum Gasteiger partial charge on any atom is -0.348 e. The Hall–Kier alpha value is -2.86. The Labute approximate surface area is 147 Å². The summed E-state index contributed by atoms with van der Waals surface area (Å²) in [7, 11) is 0. The zero-order valence-electron chi connectivity index (χ0n) is 13.9. The highest BCUT2D eigenvalue weighted by molar-refractivity contribution is 6.00. The van der Waals surface area contributed by atoms with Crippen molar-refractivity contribution in [3.05, 3.63) is 60.2 Å². The van der Waals surface area contributed by atoms with Gasteiger partial charge in [0, 0.05) is 29.5 Å². The molecule has 25 heavy (non-hydrogen) atoms. The lowest BCUT2D eigenvalue weighted by Crippen LogP contribution is -2.45. The van der Waals surface area contributed by atoms with Crippen molar-refractivity contribution in [2.45, 2.75) is 18.9 Å². The topological polar surface area (TPSA) is 82.3 Å². The zero-order valence-corrected chi connectivity index (χ0v) is 13.9. The first-order chi connectivity index (χ1) is 12.2. The van der Waals surface area contributed by atoms with Crippen LogP contribution in [0.25, 0.3) is 0 Å². The van der Waals surface area contributed by atoms with Crippen molar-refractivity contribution in [1.82, 2.24) is 10.6 Å². The second kappa shape index (κ2) is 8.30. The smallest absolute Gasteiger partial charge is 0.323 e. The fourth-order valence-corrected chi connectivity index (χ4v) is 2.76. The number of hydrogen-bond acceptors (Lipinski definition) is 3. The maximum absolute atomic E-state index is 12.2. The molecule has 2 aromatic rings. The van der Waals surface area contributed by atoms with Crippen LogP contribution in [-0.2, 0) is 0 Å². The van der Waals surface area contributed by atoms with E-state index in [4.69, 9.17) is 0 Å². The van der Waals surface area contributed by atoms with Gasteiger partial charge in [-0.1, -0.05) is 18.2 Å². The summed E-state index contributed by atoms with van der Waals surface area (Å²) in [5.41, 5.74) is 1.93. The van der Waals surface area contributed by atoms with E-state index >= 15 is 0 Å². The molecule has 1 fully saturated rings. The summed E-state index contributed by atoms with van der Waals surface area (Å²) in [6.07, 6.45) is 2.07. The van der Waals surface area contributed by atoms with E-state index in [1.165, 1.54) is 0 Å². The van der Waals surface area contributed by atoms with Crippen molar-refractivity contribution in [2.75, 3.05) is 23.7 Å². The Kier molecular flexibility index (Phi) is 5.64. The third kappa shape index (κ3) is 5.06. The number of carbonyl (C=O) groups excluding carboxylic acids is 2. The molecular weight excluding hydrogens is 316 g/mol. The van der Waals surface area contributed by atoms with Crippen LogP contribution in [0.1, 0.15) is 23.2 Å². The fraction of sp³-hybridized carbons (Fsp3) is 0.263. The molecule has 1 unspecified atom stereocenters. The predicted molar refractivity (Wildman–Crippen MR) is 98.9 cm³/mol. The number of nitrogens with one attached hydrogen (secondary N) is 4. The average Bonchev–Trinajstić information content (AvgIpc) is 2.64. The fourth-order valence-electron chi connectivity index (χ4n) is 2.76. The van der Waals surface area contributed by atoms with E-state index in [0.29, 0.717) is 11.3 Å². The Morgan fingerprint density at radius 3 is 2.24 bits per heavy atom. The summed E-state index contributed by atoms with van der Waals surface area (Å²) >= 11 is 0. The monoisotopic (exact) mass is 338 g/mol. The second-order valence-corrected chi connectivity index (χ2v) is 6.04. The van der Waals surface area contributed by atoms with Crippen molar-refractivity contribution in [1.29, 1.82) is 0 Å². The van der Waals surface area contributed by atoms with Crippen LogP contribution in [0.5, 0.6) is 0 Å². The molecule has 1 aliphatic heterocycles. The molecule has 1 heterocycles. The van der Waals surface area contributed by atoms with Gasteiger partial charge in [0.05, 0.1) is 0 Å². The highest BCUT2D eigenvalue weighted by atomic mass is 16.2. The van der Waals surface area contributed by atoms with Gasteiger partial charge in [-0.3, -0.25) is 4.79 Å². The summed E-state index contributed by atoms with van der Waals surface area (Å²) in [4.78, 5) is 24.2. The van der Waals surface area contributed by atoms with Gasteiger partial charge in [0.1, 0.15) is 0 Å². The third-order valence-corrected chi connectivity index (χ3v) is 4.07. The molecule has 1 saturated heterocycles. The van der Waals surface area contributed by atoms with E-state index in [1.807, 2.05) is 30.3 Å². The van der Waals surface area contributed by atoms with Crippen molar-refractivity contribution in [3.8, 4) is 0 Å². The third-order valence-electron chi connectivity index (χ3n) is 4.07. The molecule has 0 aromatic heterocycles. The van der Waals surface area contributed by atoms with Gasteiger partial charge in [-0.15, -0.1) is 0 Å². The number of urea groups is 1. The summed E-state index contributed by atoms with van der Waals surface area (Å²) in [6, 6.07) is 15.9. The molecule has 0 bridgehead atoms. The van der Waals surface area contributed by atoms with Crippen molar-refractivity contribution >= 4 is 23.3 Å². The normalized spacial score (nSPS) is 16.7. The molecule has 3 rings (SSSR count). The van der Waals surface area contributed by atoms with E-state index in [9.17, 15) is 9.59 Å². The molecule has 1 aliphatic rings. The van der Waals surface area contributed by atoms with Gasteiger partial charge in [0.2, 0.25) is 0 Å². The van der Waals surface area contributed by atoms with Crippen molar-refractivity contribution in [2.24, 2.45) is 0 Å². The van der Waals surface area contributed by atoms with Crippen LogP contribution >= 0.6 is 0 Å². The van der Waals surface area contributed by atoms with Gasteiger partial charge in [-0.05, 0) is 55.8 Å². The summed E-state index contributed by atoms with van der Waals surface area (Å²) in [6.45, 7) is 1.82. The maximum Gasteiger partial charge on any atom is 0.323 e. The number of rotatable bonds is 4. The van der Waals surface area contributed by atoms with Crippen LogP contribution in [0, 0.1) is 0 Å². The van der Waals surface area contributed by atoms with Gasteiger partial charge in [0.25, 0.3) is 5.91 Å². The van der Waals surface area contributed by atoms with E-state index < -0.39 is 0 Å². The molecule has 0 saturated carbocycles. The van der Waals surface area contributed by atoms with E-state index in [1.54, 1.807) is 24.3 Å². The summed E-state index contributed by atoms with van der Waals surface area (Å²) < 4.78 is 0. The largest absolute Gasteiger partial charge is 0.348 e. The maximum atomic E-state index is 12.2. The van der Waals surface area contributed by atoms with Crippen LogP contribution in [0.15, 0.2) is 54.6 Å². The number of para-hydroxylation sites is 1. The van der Waals surface area contributed by atoms with Crippen LogP contribution in [0.3, 0.4) is 0 Å². The van der Waals surface area contributed by atoms with E-state index in [-0.39, 0.29) is 18.0 Å². The Morgan fingerprint density at radius 2 is 1.60 bits per heavy atom. The Morgan fingerprint density at radius 1 is 0.920 bits per heavy atom. The molecule has 6 heteroatoms. The number of hydrogen-bond donors (Lipinski definition) is 4. The molecule has 0 spiro atoms. The summed E-state index contributed by atoms with van der Waals surface area (Å²) in [5, 5.41) is 11.8. The SMILES string of the molecule is O=C(Nc1ccccc1)Nc1ccc(C(=O)NC2CCCNC2)cc1. The minimum atomic E-state index is -0.323. The van der Waals surface area contributed by atoms with Gasteiger partial charge >= 0.3 is 6.03 Å². The quantitative estimate of drug-likeness (QED) is 0.692. The number of anilines is 2. The number of carbonyl (C=O) groups is 2. The van der Waals surface area contributed by atoms with Crippen molar-refractivity contribution < 1.29 is 9.59 Å². The predicted octanol–water partition coefficient (Wildman–Crippen LogP) is 2.81. The lowest BCUT2D eigenvalue weighted by Gasteiger charge is -2.23. The highest BCUT2D eigenvalue weighted by Crippen LogP contribution is 2.12. The lowest BCUT2D eigenvalue weighted by atomic mass is 10.1. The molecule has 6 nitrogen and oxygen atoms in total. The van der Waals surface area contributed by atoms with Crippen LogP contribution in [-0.4, -0.2) is 31.1 Å². The van der Waals surface area contributed by atoms with Gasteiger partial charge in [0.15, 0.2) is 0 Å². The van der Waals surface area contributed by atoms with E-state index in [0.717, 1.165) is 31.6 Å². The zero-order chi connectivity index (χ0) is 17.5. The number of benzene rings is 2.